The number of carbonyl (C=O) groups excluding carboxylic acids is 2. The van der Waals surface area contributed by atoms with E-state index in [1.54, 1.807) is 0 Å². The maximum Gasteiger partial charge on any atom is 0.418 e. The Hall–Kier alpha value is -3.45. The average molecular weight is 487 g/mol. The molecule has 9 nitrogen and oxygen atoms in total. The summed E-state index contributed by atoms with van der Waals surface area (Å²) in [5, 5.41) is 5.22. The molecule has 3 aromatic rings. The van der Waals surface area contributed by atoms with Crippen LogP contribution in [-0.2, 0) is 12.7 Å². The summed E-state index contributed by atoms with van der Waals surface area (Å²) >= 11 is 6.95. The van der Waals surface area contributed by atoms with E-state index in [0.717, 1.165) is 29.8 Å². The fraction of sp³-hybridized carbons (Fsp3) is 0.167. The number of alkyl halides is 3. The molecule has 0 radical (unpaired) electrons. The predicted octanol–water partition coefficient (Wildman–Crippen LogP) is 3.38. The number of methoxy groups -OCH3 is 1. The molecule has 4 N–H and O–H groups in total. The molecular formula is C18H14ClF3N6O3S. The highest BCUT2D eigenvalue weighted by atomic mass is 35.5. The molecule has 0 unspecified atom stereocenters. The van der Waals surface area contributed by atoms with Crippen LogP contribution in [0.25, 0.3) is 0 Å². The lowest BCUT2D eigenvalue weighted by atomic mass is 10.1. The Morgan fingerprint density at radius 2 is 1.97 bits per heavy atom. The second kappa shape index (κ2) is 9.36. The van der Waals surface area contributed by atoms with E-state index in [0.29, 0.717) is 5.01 Å². The monoisotopic (exact) mass is 486 g/mol. The van der Waals surface area contributed by atoms with Gasteiger partial charge in [0.1, 0.15) is 21.2 Å². The number of ether oxygens (including phenoxy) is 1. The molecule has 2 heterocycles. The normalized spacial score (nSPS) is 11.2. The Labute approximate surface area is 187 Å². The number of carbonyl (C=O) groups is 2. The first-order valence-electron chi connectivity index (χ1n) is 8.65. The number of rotatable bonds is 6. The van der Waals surface area contributed by atoms with Crippen molar-refractivity contribution >= 4 is 46.1 Å². The zero-order valence-electron chi connectivity index (χ0n) is 16.2. The first-order chi connectivity index (χ1) is 15.1. The average Bonchev–Trinajstić information content (AvgIpc) is 3.22. The topological polar surface area (TPSA) is 132 Å². The SMILES string of the molecule is COc1ncnc(C(=O)NCc2ncc(C(=O)Nc3ccc(N)c(C(F)(F)F)c3)s2)c1Cl. The standard InChI is InChI=1S/C18H14ClF3N6O3S/c1-31-17-13(19)14(26-7-27-17)16(30)25-6-12-24-5-11(32-12)15(29)28-8-2-3-10(23)9(4-8)18(20,21)22/h2-5,7H,6,23H2,1H3,(H,25,30)(H,28,29). The number of nitrogens with two attached hydrogens (primary N) is 1. The first kappa shape index (κ1) is 23.2. The Kier molecular flexibility index (Phi) is 6.79. The van der Waals surface area contributed by atoms with Crippen LogP contribution >= 0.6 is 22.9 Å². The van der Waals surface area contributed by atoms with Gasteiger partial charge in [-0.15, -0.1) is 11.3 Å². The number of anilines is 2. The minimum absolute atomic E-state index is 0.0383. The van der Waals surface area contributed by atoms with Gasteiger partial charge in [0.05, 0.1) is 25.4 Å². The lowest BCUT2D eigenvalue weighted by Crippen LogP contribution is -2.24. The van der Waals surface area contributed by atoms with Gasteiger partial charge in [0.25, 0.3) is 11.8 Å². The first-order valence-corrected chi connectivity index (χ1v) is 9.85. The van der Waals surface area contributed by atoms with Crippen molar-refractivity contribution in [3.05, 3.63) is 56.9 Å². The molecule has 0 bridgehead atoms. The molecule has 0 atom stereocenters. The highest BCUT2D eigenvalue weighted by Crippen LogP contribution is 2.35. The predicted molar refractivity (Wildman–Crippen MR) is 111 cm³/mol. The summed E-state index contributed by atoms with van der Waals surface area (Å²) in [6, 6.07) is 3.05. The molecule has 0 aliphatic carbocycles. The molecule has 0 spiro atoms. The van der Waals surface area contributed by atoms with E-state index in [9.17, 15) is 22.8 Å². The molecule has 168 valence electrons. The van der Waals surface area contributed by atoms with Gasteiger partial charge in [-0.2, -0.15) is 13.2 Å². The lowest BCUT2D eigenvalue weighted by molar-refractivity contribution is -0.136. The molecule has 0 aliphatic rings. The summed E-state index contributed by atoms with van der Waals surface area (Å²) in [4.78, 5) is 36.4. The third-order valence-electron chi connectivity index (χ3n) is 3.96. The van der Waals surface area contributed by atoms with Crippen molar-refractivity contribution in [1.29, 1.82) is 0 Å². The molecule has 32 heavy (non-hydrogen) atoms. The van der Waals surface area contributed by atoms with Gasteiger partial charge in [0, 0.05) is 11.4 Å². The van der Waals surface area contributed by atoms with E-state index in [1.807, 2.05) is 0 Å². The fourth-order valence-corrected chi connectivity index (χ4v) is 3.48. The van der Waals surface area contributed by atoms with Gasteiger partial charge in [-0.3, -0.25) is 9.59 Å². The van der Waals surface area contributed by atoms with Gasteiger partial charge in [0.2, 0.25) is 5.88 Å². The van der Waals surface area contributed by atoms with Crippen LogP contribution in [-0.4, -0.2) is 33.9 Å². The van der Waals surface area contributed by atoms with Gasteiger partial charge in [-0.05, 0) is 18.2 Å². The summed E-state index contributed by atoms with van der Waals surface area (Å²) in [5.74, 6) is -1.24. The highest BCUT2D eigenvalue weighted by Gasteiger charge is 2.33. The van der Waals surface area contributed by atoms with Crippen LogP contribution < -0.4 is 21.1 Å². The molecule has 0 saturated carbocycles. The van der Waals surface area contributed by atoms with Crippen LogP contribution in [0.1, 0.15) is 30.7 Å². The van der Waals surface area contributed by atoms with Gasteiger partial charge in [-0.25, -0.2) is 15.0 Å². The van der Waals surface area contributed by atoms with Crippen molar-refractivity contribution in [3.8, 4) is 5.88 Å². The molecule has 0 fully saturated rings. The maximum atomic E-state index is 13.0. The van der Waals surface area contributed by atoms with Gasteiger partial charge in [0.15, 0.2) is 5.69 Å². The van der Waals surface area contributed by atoms with Crippen LogP contribution in [0.2, 0.25) is 5.02 Å². The van der Waals surface area contributed by atoms with Crippen molar-refractivity contribution in [2.75, 3.05) is 18.2 Å². The molecule has 2 aromatic heterocycles. The number of nitrogen functional groups attached to an aromatic ring is 1. The third-order valence-corrected chi connectivity index (χ3v) is 5.30. The fourth-order valence-electron chi connectivity index (χ4n) is 2.46. The van der Waals surface area contributed by atoms with Crippen LogP contribution in [0.15, 0.2) is 30.7 Å². The summed E-state index contributed by atoms with van der Waals surface area (Å²) in [5.41, 5.74) is 3.67. The number of thiazole rings is 1. The van der Waals surface area contributed by atoms with Gasteiger partial charge in [-0.1, -0.05) is 11.6 Å². The van der Waals surface area contributed by atoms with Crippen LogP contribution in [0, 0.1) is 0 Å². The Bertz CT molecular complexity index is 1170. The number of aromatic nitrogens is 3. The molecular weight excluding hydrogens is 473 g/mol. The number of nitrogens with zero attached hydrogens (tertiary/aromatic N) is 3. The van der Waals surface area contributed by atoms with Crippen molar-refractivity contribution in [1.82, 2.24) is 20.3 Å². The number of halogens is 4. The van der Waals surface area contributed by atoms with E-state index in [1.165, 1.54) is 19.4 Å². The van der Waals surface area contributed by atoms with E-state index in [4.69, 9.17) is 22.1 Å². The van der Waals surface area contributed by atoms with Gasteiger partial charge >= 0.3 is 6.18 Å². The Morgan fingerprint density at radius 3 is 2.66 bits per heavy atom. The molecule has 14 heteroatoms. The van der Waals surface area contributed by atoms with Crippen LogP contribution in [0.4, 0.5) is 24.5 Å². The van der Waals surface area contributed by atoms with Crippen LogP contribution in [0.5, 0.6) is 5.88 Å². The zero-order chi connectivity index (χ0) is 23.5. The molecule has 0 aliphatic heterocycles. The minimum Gasteiger partial charge on any atom is -0.480 e. The van der Waals surface area contributed by atoms with E-state index >= 15 is 0 Å². The summed E-state index contributed by atoms with van der Waals surface area (Å²) in [6.07, 6.45) is -2.30. The molecule has 2 amide bonds. The second-order valence-corrected chi connectivity index (χ2v) is 7.59. The van der Waals surface area contributed by atoms with E-state index < -0.39 is 29.2 Å². The Balaban J connectivity index is 1.65. The third kappa shape index (κ3) is 5.23. The second-order valence-electron chi connectivity index (χ2n) is 6.10. The molecule has 1 aromatic carbocycles. The quantitative estimate of drug-likeness (QED) is 0.455. The van der Waals surface area contributed by atoms with Crippen molar-refractivity contribution in [3.63, 3.8) is 0 Å². The van der Waals surface area contributed by atoms with Crippen LogP contribution in [0.3, 0.4) is 0 Å². The number of nitrogens with one attached hydrogen (secondary N) is 2. The number of amides is 2. The summed E-state index contributed by atoms with van der Waals surface area (Å²) in [7, 11) is 1.34. The summed E-state index contributed by atoms with van der Waals surface area (Å²) < 4.78 is 43.8. The summed E-state index contributed by atoms with van der Waals surface area (Å²) in [6.45, 7) is -0.0421. The largest absolute Gasteiger partial charge is 0.480 e. The smallest absolute Gasteiger partial charge is 0.418 e. The Morgan fingerprint density at radius 1 is 1.22 bits per heavy atom. The van der Waals surface area contributed by atoms with Crippen molar-refractivity contribution in [2.45, 2.75) is 12.7 Å². The minimum atomic E-state index is -4.66. The molecule has 3 rings (SSSR count). The number of benzene rings is 1. The van der Waals surface area contributed by atoms with Crippen molar-refractivity contribution in [2.24, 2.45) is 0 Å². The lowest BCUT2D eigenvalue weighted by Gasteiger charge is -2.12. The number of hydrogen-bond donors (Lipinski definition) is 3. The highest BCUT2D eigenvalue weighted by molar-refractivity contribution is 7.13. The number of hydrogen-bond acceptors (Lipinski definition) is 8. The molecule has 0 saturated heterocycles. The maximum absolute atomic E-state index is 13.0. The van der Waals surface area contributed by atoms with Gasteiger partial charge < -0.3 is 21.1 Å². The zero-order valence-corrected chi connectivity index (χ0v) is 17.7. The van der Waals surface area contributed by atoms with E-state index in [2.05, 4.69) is 25.6 Å². The van der Waals surface area contributed by atoms with Crippen molar-refractivity contribution < 1.29 is 27.5 Å². The van der Waals surface area contributed by atoms with E-state index in [-0.39, 0.29) is 33.7 Å².